The summed E-state index contributed by atoms with van der Waals surface area (Å²) < 4.78 is 16.3. The zero-order chi connectivity index (χ0) is 15.6. The summed E-state index contributed by atoms with van der Waals surface area (Å²) in [5.74, 6) is 0.408. The Labute approximate surface area is 130 Å². The fourth-order valence-corrected chi connectivity index (χ4v) is 1.72. The van der Waals surface area contributed by atoms with Crippen LogP contribution in [0.1, 0.15) is 39.5 Å². The van der Waals surface area contributed by atoms with Crippen LogP contribution in [0.2, 0.25) is 0 Å². The van der Waals surface area contributed by atoms with Crippen LogP contribution in [0.15, 0.2) is 0 Å². The van der Waals surface area contributed by atoms with Gasteiger partial charge in [0.05, 0.1) is 33.0 Å². The highest BCUT2D eigenvalue weighted by Gasteiger charge is 1.98. The highest BCUT2D eigenvalue weighted by molar-refractivity contribution is 4.53. The summed E-state index contributed by atoms with van der Waals surface area (Å²) in [5.41, 5.74) is 0. The van der Waals surface area contributed by atoms with Crippen LogP contribution >= 0.6 is 0 Å². The average Bonchev–Trinajstić information content (AvgIpc) is 2.50. The standard InChI is InChI=1S/C16H35NO4/c1-3-4-9-19-11-13-21-14-12-20-10-8-17-7-5-6-16(2)15-18/h16-18H,3-15H2,1-2H3. The average molecular weight is 305 g/mol. The monoisotopic (exact) mass is 305 g/mol. The van der Waals surface area contributed by atoms with Gasteiger partial charge in [0.1, 0.15) is 0 Å². The normalized spacial score (nSPS) is 12.7. The molecule has 0 fully saturated rings. The first-order valence-electron chi connectivity index (χ1n) is 8.36. The van der Waals surface area contributed by atoms with Crippen molar-refractivity contribution in [3.63, 3.8) is 0 Å². The van der Waals surface area contributed by atoms with Gasteiger partial charge in [-0.05, 0) is 31.7 Å². The molecule has 0 spiro atoms. The Hall–Kier alpha value is -0.200. The fraction of sp³-hybridized carbons (Fsp3) is 1.00. The summed E-state index contributed by atoms with van der Waals surface area (Å²) in [6, 6.07) is 0. The van der Waals surface area contributed by atoms with Crippen LogP contribution in [-0.4, -0.2) is 64.4 Å². The number of rotatable bonds is 17. The summed E-state index contributed by atoms with van der Waals surface area (Å²) in [5, 5.41) is 12.2. The third kappa shape index (κ3) is 17.7. The Morgan fingerprint density at radius 2 is 1.48 bits per heavy atom. The van der Waals surface area contributed by atoms with E-state index in [1.54, 1.807) is 0 Å². The highest BCUT2D eigenvalue weighted by Crippen LogP contribution is 2.02. The van der Waals surface area contributed by atoms with Gasteiger partial charge in [0.25, 0.3) is 0 Å². The molecule has 2 N–H and O–H groups in total. The minimum atomic E-state index is 0.284. The van der Waals surface area contributed by atoms with E-state index >= 15 is 0 Å². The summed E-state index contributed by atoms with van der Waals surface area (Å²) in [6.07, 6.45) is 4.46. The van der Waals surface area contributed by atoms with Gasteiger partial charge in [-0.1, -0.05) is 20.3 Å². The predicted octanol–water partition coefficient (Wildman–Crippen LogP) is 1.83. The van der Waals surface area contributed by atoms with E-state index in [1.807, 2.05) is 0 Å². The number of ether oxygens (including phenoxy) is 3. The Kier molecular flexibility index (Phi) is 17.7. The molecule has 0 rings (SSSR count). The molecule has 0 saturated carbocycles. The van der Waals surface area contributed by atoms with E-state index < -0.39 is 0 Å². The lowest BCUT2D eigenvalue weighted by Gasteiger charge is -2.09. The maximum absolute atomic E-state index is 8.89. The van der Waals surface area contributed by atoms with Gasteiger partial charge in [0.15, 0.2) is 0 Å². The van der Waals surface area contributed by atoms with Gasteiger partial charge in [0, 0.05) is 19.8 Å². The molecule has 0 radical (unpaired) electrons. The Balaban J connectivity index is 2.96. The van der Waals surface area contributed by atoms with Gasteiger partial charge in [0.2, 0.25) is 0 Å². The first kappa shape index (κ1) is 20.8. The zero-order valence-corrected chi connectivity index (χ0v) is 13.9. The molecule has 0 aromatic heterocycles. The number of aliphatic hydroxyl groups is 1. The third-order valence-electron chi connectivity index (χ3n) is 3.17. The molecular weight excluding hydrogens is 270 g/mol. The van der Waals surface area contributed by atoms with Gasteiger partial charge in [-0.25, -0.2) is 0 Å². The lowest BCUT2D eigenvalue weighted by atomic mass is 10.1. The number of hydrogen-bond acceptors (Lipinski definition) is 5. The van der Waals surface area contributed by atoms with Crippen LogP contribution in [0.3, 0.4) is 0 Å². The molecule has 1 atom stereocenters. The van der Waals surface area contributed by atoms with Gasteiger partial charge in [-0.15, -0.1) is 0 Å². The maximum Gasteiger partial charge on any atom is 0.0701 e. The molecule has 0 bridgehead atoms. The van der Waals surface area contributed by atoms with E-state index in [9.17, 15) is 0 Å². The second-order valence-corrected chi connectivity index (χ2v) is 5.37. The molecular formula is C16H35NO4. The quantitative estimate of drug-likeness (QED) is 0.402. The Morgan fingerprint density at radius 1 is 0.857 bits per heavy atom. The minimum Gasteiger partial charge on any atom is -0.396 e. The molecule has 5 nitrogen and oxygen atoms in total. The van der Waals surface area contributed by atoms with Crippen LogP contribution in [0.5, 0.6) is 0 Å². The van der Waals surface area contributed by atoms with E-state index in [0.29, 0.717) is 39.0 Å². The summed E-state index contributed by atoms with van der Waals surface area (Å²) in [4.78, 5) is 0. The smallest absolute Gasteiger partial charge is 0.0701 e. The van der Waals surface area contributed by atoms with Crippen molar-refractivity contribution in [2.75, 3.05) is 59.3 Å². The summed E-state index contributed by atoms with van der Waals surface area (Å²) in [6.45, 7) is 10.5. The fourth-order valence-electron chi connectivity index (χ4n) is 1.72. The van der Waals surface area contributed by atoms with Crippen LogP contribution in [0.25, 0.3) is 0 Å². The number of nitrogens with one attached hydrogen (secondary N) is 1. The first-order valence-corrected chi connectivity index (χ1v) is 8.36. The molecule has 0 aromatic carbocycles. The Bertz CT molecular complexity index is 193. The topological polar surface area (TPSA) is 60.0 Å². The lowest BCUT2D eigenvalue weighted by Crippen LogP contribution is -2.22. The van der Waals surface area contributed by atoms with Crippen LogP contribution < -0.4 is 5.32 Å². The molecule has 0 amide bonds. The molecule has 0 aliphatic rings. The van der Waals surface area contributed by atoms with Crippen molar-refractivity contribution in [2.24, 2.45) is 5.92 Å². The number of unbranched alkanes of at least 4 members (excludes halogenated alkanes) is 1. The van der Waals surface area contributed by atoms with Crippen LogP contribution in [-0.2, 0) is 14.2 Å². The second kappa shape index (κ2) is 17.9. The number of hydrogen-bond donors (Lipinski definition) is 2. The molecule has 0 aliphatic heterocycles. The van der Waals surface area contributed by atoms with E-state index in [4.69, 9.17) is 19.3 Å². The highest BCUT2D eigenvalue weighted by atomic mass is 16.5. The minimum absolute atomic E-state index is 0.284. The van der Waals surface area contributed by atoms with E-state index in [0.717, 1.165) is 39.0 Å². The molecule has 21 heavy (non-hydrogen) atoms. The molecule has 0 aliphatic carbocycles. The zero-order valence-electron chi connectivity index (χ0n) is 13.9. The summed E-state index contributed by atoms with van der Waals surface area (Å²) in [7, 11) is 0. The van der Waals surface area contributed by atoms with E-state index in [2.05, 4.69) is 19.2 Å². The second-order valence-electron chi connectivity index (χ2n) is 5.37. The van der Waals surface area contributed by atoms with Gasteiger partial charge in [-0.3, -0.25) is 0 Å². The van der Waals surface area contributed by atoms with Crippen molar-refractivity contribution in [3.8, 4) is 0 Å². The molecule has 1 unspecified atom stereocenters. The van der Waals surface area contributed by atoms with Crippen LogP contribution in [0.4, 0.5) is 0 Å². The van der Waals surface area contributed by atoms with Gasteiger partial charge >= 0.3 is 0 Å². The van der Waals surface area contributed by atoms with Crippen molar-refractivity contribution in [3.05, 3.63) is 0 Å². The molecule has 128 valence electrons. The van der Waals surface area contributed by atoms with Crippen molar-refractivity contribution < 1.29 is 19.3 Å². The van der Waals surface area contributed by atoms with Gasteiger partial charge < -0.3 is 24.6 Å². The van der Waals surface area contributed by atoms with E-state index in [-0.39, 0.29) is 6.61 Å². The van der Waals surface area contributed by atoms with Crippen molar-refractivity contribution in [1.82, 2.24) is 5.32 Å². The lowest BCUT2D eigenvalue weighted by molar-refractivity contribution is 0.0146. The van der Waals surface area contributed by atoms with Crippen molar-refractivity contribution in [2.45, 2.75) is 39.5 Å². The molecule has 0 saturated heterocycles. The largest absolute Gasteiger partial charge is 0.396 e. The van der Waals surface area contributed by atoms with Crippen molar-refractivity contribution in [1.29, 1.82) is 0 Å². The number of aliphatic hydroxyl groups excluding tert-OH is 1. The molecule has 0 heterocycles. The third-order valence-corrected chi connectivity index (χ3v) is 3.17. The Morgan fingerprint density at radius 3 is 2.10 bits per heavy atom. The van der Waals surface area contributed by atoms with E-state index in [1.165, 1.54) is 6.42 Å². The molecule has 5 heteroatoms. The predicted molar refractivity (Wildman–Crippen MR) is 85.7 cm³/mol. The molecule has 0 aromatic rings. The summed E-state index contributed by atoms with van der Waals surface area (Å²) >= 11 is 0. The van der Waals surface area contributed by atoms with Crippen molar-refractivity contribution >= 4 is 0 Å². The van der Waals surface area contributed by atoms with Crippen LogP contribution in [0, 0.1) is 5.92 Å². The van der Waals surface area contributed by atoms with Gasteiger partial charge in [-0.2, -0.15) is 0 Å². The maximum atomic E-state index is 8.89. The SMILES string of the molecule is CCCCOCCOCCOCCNCCCC(C)CO. The first-order chi connectivity index (χ1) is 10.3.